The van der Waals surface area contributed by atoms with Crippen LogP contribution >= 0.6 is 0 Å². The molecule has 244 valence electrons. The van der Waals surface area contributed by atoms with E-state index in [2.05, 4.69) is 58.9 Å². The van der Waals surface area contributed by atoms with Crippen LogP contribution in [0.5, 0.6) is 23.0 Å². The van der Waals surface area contributed by atoms with Crippen molar-refractivity contribution in [3.63, 3.8) is 0 Å². The van der Waals surface area contributed by atoms with Crippen molar-refractivity contribution < 1.29 is 9.47 Å². The van der Waals surface area contributed by atoms with Gasteiger partial charge in [-0.15, -0.1) is 0 Å². The number of unbranched alkanes of at least 4 members (excludes halogenated alkanes) is 5. The maximum atomic E-state index is 6.41. The van der Waals surface area contributed by atoms with Crippen LogP contribution in [0.25, 0.3) is 0 Å². The smallest absolute Gasteiger partial charge is 0.133 e. The Kier molecular flexibility index (Phi) is 11.0. The second kappa shape index (κ2) is 15.1. The summed E-state index contributed by atoms with van der Waals surface area (Å²) in [7, 11) is 0. The minimum atomic E-state index is -0.0535. The minimum absolute atomic E-state index is 0.0535. The molecule has 0 radical (unpaired) electrons. The van der Waals surface area contributed by atoms with Gasteiger partial charge >= 0.3 is 0 Å². The Bertz CT molecular complexity index is 1430. The molecule has 1 aliphatic rings. The van der Waals surface area contributed by atoms with Crippen molar-refractivity contribution in [3.8, 4) is 23.0 Å². The molecule has 1 fully saturated rings. The summed E-state index contributed by atoms with van der Waals surface area (Å²) in [6, 6.07) is 24.8. The molecular formula is C42H54N2O2. The number of ether oxygens (including phenoxy) is 2. The third-order valence-electron chi connectivity index (χ3n) is 10.2. The first-order valence-electron chi connectivity index (χ1n) is 17.5. The van der Waals surface area contributed by atoms with Gasteiger partial charge in [0.05, 0.1) is 0 Å². The summed E-state index contributed by atoms with van der Waals surface area (Å²) in [5.74, 6) is 4.28. The molecule has 46 heavy (non-hydrogen) atoms. The number of nitrogens with two attached hydrogens (primary N) is 2. The lowest BCUT2D eigenvalue weighted by molar-refractivity contribution is 0.249. The van der Waals surface area contributed by atoms with Gasteiger partial charge in [0.2, 0.25) is 0 Å². The van der Waals surface area contributed by atoms with Crippen LogP contribution in [0, 0.1) is 33.6 Å². The molecular weight excluding hydrogens is 564 g/mol. The Hall–Kier alpha value is -3.92. The predicted molar refractivity (Wildman–Crippen MR) is 194 cm³/mol. The molecule has 4 aromatic rings. The fraction of sp³-hybridized carbons (Fsp3) is 0.429. The van der Waals surface area contributed by atoms with Crippen LogP contribution in [-0.2, 0) is 5.41 Å². The largest absolute Gasteiger partial charge is 0.457 e. The summed E-state index contributed by atoms with van der Waals surface area (Å²) in [5.41, 5.74) is 20.7. The van der Waals surface area contributed by atoms with Gasteiger partial charge in [0.15, 0.2) is 0 Å². The average Bonchev–Trinajstić information content (AvgIpc) is 3.04. The third-order valence-corrected chi connectivity index (χ3v) is 10.2. The summed E-state index contributed by atoms with van der Waals surface area (Å²) in [5, 5.41) is 0. The molecule has 0 aromatic heterocycles. The Balaban J connectivity index is 1.44. The number of anilines is 2. The molecule has 0 spiro atoms. The van der Waals surface area contributed by atoms with Gasteiger partial charge in [-0.25, -0.2) is 0 Å². The second-order valence-corrected chi connectivity index (χ2v) is 13.8. The lowest BCUT2D eigenvalue weighted by atomic mass is 9.62. The monoisotopic (exact) mass is 618 g/mol. The van der Waals surface area contributed by atoms with Crippen LogP contribution in [0.15, 0.2) is 72.8 Å². The summed E-state index contributed by atoms with van der Waals surface area (Å²) in [6.07, 6.45) is 14.4. The maximum absolute atomic E-state index is 6.41. The summed E-state index contributed by atoms with van der Waals surface area (Å²) in [4.78, 5) is 0. The molecule has 4 N–H and O–H groups in total. The van der Waals surface area contributed by atoms with Crippen LogP contribution in [0.1, 0.15) is 111 Å². The lowest BCUT2D eigenvalue weighted by Gasteiger charge is -2.42. The zero-order valence-corrected chi connectivity index (χ0v) is 28.8. The number of rotatable bonds is 13. The van der Waals surface area contributed by atoms with E-state index in [1.807, 2.05) is 48.5 Å². The van der Waals surface area contributed by atoms with E-state index in [1.165, 1.54) is 68.9 Å². The van der Waals surface area contributed by atoms with Crippen molar-refractivity contribution in [1.82, 2.24) is 0 Å². The Morgan fingerprint density at radius 3 is 1.39 bits per heavy atom. The van der Waals surface area contributed by atoms with Crippen molar-refractivity contribution in [2.24, 2.45) is 5.92 Å². The molecule has 0 bridgehead atoms. The predicted octanol–water partition coefficient (Wildman–Crippen LogP) is 11.9. The molecule has 0 heterocycles. The van der Waals surface area contributed by atoms with E-state index < -0.39 is 0 Å². The number of hydrogen-bond donors (Lipinski definition) is 2. The van der Waals surface area contributed by atoms with Crippen LogP contribution < -0.4 is 20.9 Å². The zero-order valence-electron chi connectivity index (χ0n) is 28.8. The Morgan fingerprint density at radius 2 is 0.978 bits per heavy atom. The van der Waals surface area contributed by atoms with E-state index in [1.54, 1.807) is 0 Å². The topological polar surface area (TPSA) is 70.5 Å². The van der Waals surface area contributed by atoms with Crippen molar-refractivity contribution >= 4 is 11.4 Å². The van der Waals surface area contributed by atoms with Crippen molar-refractivity contribution in [3.05, 3.63) is 106 Å². The summed E-state index contributed by atoms with van der Waals surface area (Å²) < 4.78 is 12.8. The highest BCUT2D eigenvalue weighted by molar-refractivity contribution is 5.55. The first-order valence-corrected chi connectivity index (χ1v) is 17.5. The fourth-order valence-corrected chi connectivity index (χ4v) is 7.50. The first-order chi connectivity index (χ1) is 22.2. The van der Waals surface area contributed by atoms with Gasteiger partial charge in [0.25, 0.3) is 0 Å². The quantitative estimate of drug-likeness (QED) is 0.115. The van der Waals surface area contributed by atoms with E-state index in [0.717, 1.165) is 75.4 Å². The van der Waals surface area contributed by atoms with E-state index >= 15 is 0 Å². The van der Waals surface area contributed by atoms with E-state index in [4.69, 9.17) is 20.9 Å². The number of hydrogen-bond acceptors (Lipinski definition) is 4. The van der Waals surface area contributed by atoms with Gasteiger partial charge in [-0.05, 0) is 141 Å². The zero-order chi connectivity index (χ0) is 32.7. The Labute approximate surface area is 277 Å². The number of benzene rings is 4. The molecule has 1 aliphatic carbocycles. The van der Waals surface area contributed by atoms with E-state index in [-0.39, 0.29) is 5.41 Å². The molecule has 0 atom stereocenters. The fourth-order valence-electron chi connectivity index (χ4n) is 7.50. The molecule has 0 amide bonds. The van der Waals surface area contributed by atoms with Crippen LogP contribution in [0.2, 0.25) is 0 Å². The molecule has 0 unspecified atom stereocenters. The summed E-state index contributed by atoms with van der Waals surface area (Å²) in [6.45, 7) is 11.0. The summed E-state index contributed by atoms with van der Waals surface area (Å²) >= 11 is 0. The SMILES string of the molecule is CCCCCCCCC1CCC(c2cc(C)c(Oc3ccc(N)cc3)c(C)c2)(c2cc(C)c(Oc3ccc(N)cc3)c(C)c2)CC1. The van der Waals surface area contributed by atoms with Crippen LogP contribution in [-0.4, -0.2) is 0 Å². The maximum Gasteiger partial charge on any atom is 0.133 e. The van der Waals surface area contributed by atoms with Gasteiger partial charge in [0.1, 0.15) is 23.0 Å². The molecule has 0 saturated heterocycles. The van der Waals surface area contributed by atoms with Crippen molar-refractivity contribution in [2.75, 3.05) is 11.5 Å². The second-order valence-electron chi connectivity index (χ2n) is 13.8. The van der Waals surface area contributed by atoms with Crippen LogP contribution in [0.4, 0.5) is 11.4 Å². The van der Waals surface area contributed by atoms with Gasteiger partial charge in [0, 0.05) is 16.8 Å². The standard InChI is InChI=1S/C42H54N2O2/c1-6-7-8-9-10-11-12-33-21-23-42(24-22-33,34-25-29(2)40(30(3)26-34)45-38-17-13-36(43)14-18-38)35-27-31(4)41(32(5)28-35)46-39-19-15-37(44)16-20-39/h13-20,25-28,33H,6-12,21-24,43-44H2,1-5H3. The first kappa shape index (κ1) is 33.4. The highest BCUT2D eigenvalue weighted by Crippen LogP contribution is 2.50. The van der Waals surface area contributed by atoms with E-state index in [9.17, 15) is 0 Å². The molecule has 0 aliphatic heterocycles. The number of aryl methyl sites for hydroxylation is 4. The van der Waals surface area contributed by atoms with Gasteiger partial charge < -0.3 is 20.9 Å². The van der Waals surface area contributed by atoms with Crippen molar-refractivity contribution in [2.45, 2.75) is 111 Å². The Morgan fingerprint density at radius 1 is 0.587 bits per heavy atom. The van der Waals surface area contributed by atoms with Gasteiger partial charge in [-0.3, -0.25) is 0 Å². The highest BCUT2D eigenvalue weighted by Gasteiger charge is 2.39. The van der Waals surface area contributed by atoms with Crippen LogP contribution in [0.3, 0.4) is 0 Å². The molecule has 4 heteroatoms. The molecule has 1 saturated carbocycles. The molecule has 4 aromatic carbocycles. The molecule has 4 nitrogen and oxygen atoms in total. The third kappa shape index (κ3) is 7.89. The molecule has 5 rings (SSSR count). The minimum Gasteiger partial charge on any atom is -0.457 e. The highest BCUT2D eigenvalue weighted by atomic mass is 16.5. The normalized spacial score (nSPS) is 14.7. The average molecular weight is 619 g/mol. The van der Waals surface area contributed by atoms with Gasteiger partial charge in [-0.1, -0.05) is 76.1 Å². The van der Waals surface area contributed by atoms with Crippen molar-refractivity contribution in [1.29, 1.82) is 0 Å². The van der Waals surface area contributed by atoms with E-state index in [0.29, 0.717) is 0 Å². The number of nitrogen functional groups attached to an aromatic ring is 2. The van der Waals surface area contributed by atoms with Gasteiger partial charge in [-0.2, -0.15) is 0 Å². The lowest BCUT2D eigenvalue weighted by Crippen LogP contribution is -2.33.